The van der Waals surface area contributed by atoms with Gasteiger partial charge in [-0.1, -0.05) is 12.1 Å². The van der Waals surface area contributed by atoms with Gasteiger partial charge >= 0.3 is 0 Å². The number of hydrogen-bond donors (Lipinski definition) is 1. The fourth-order valence-corrected chi connectivity index (χ4v) is 2.39. The minimum atomic E-state index is -0.411. The van der Waals surface area contributed by atoms with Crippen LogP contribution in [0.15, 0.2) is 36.4 Å². The number of para-hydroxylation sites is 1. The average Bonchev–Trinajstić information content (AvgIpc) is 2.67. The number of halogens is 1. The summed E-state index contributed by atoms with van der Waals surface area (Å²) in [5, 5.41) is 2.77. The Kier molecular flexibility index (Phi) is 7.08. The van der Waals surface area contributed by atoms with E-state index in [0.717, 1.165) is 0 Å². The number of carbonyl (C=O) groups excluding carboxylic acids is 1. The predicted octanol–water partition coefficient (Wildman–Crippen LogP) is 3.05. The Morgan fingerprint density at radius 3 is 2.35 bits per heavy atom. The first kappa shape index (κ1) is 19.4. The van der Waals surface area contributed by atoms with E-state index in [0.29, 0.717) is 35.8 Å². The van der Waals surface area contributed by atoms with E-state index in [-0.39, 0.29) is 18.3 Å². The van der Waals surface area contributed by atoms with E-state index < -0.39 is 5.82 Å². The molecule has 0 aliphatic carbocycles. The SMILES string of the molecule is COc1ccc(C(=O)NCCCOc2ccccc2F)c(OC)c1OC. The summed E-state index contributed by atoms with van der Waals surface area (Å²) in [6.07, 6.45) is 0.523. The number of methoxy groups -OCH3 is 3. The number of nitrogens with one attached hydrogen (secondary N) is 1. The first-order valence-electron chi connectivity index (χ1n) is 8.06. The zero-order chi connectivity index (χ0) is 18.9. The maximum Gasteiger partial charge on any atom is 0.255 e. The van der Waals surface area contributed by atoms with E-state index in [2.05, 4.69) is 5.32 Å². The van der Waals surface area contributed by atoms with Crippen LogP contribution in [0.5, 0.6) is 23.0 Å². The van der Waals surface area contributed by atoms with Gasteiger partial charge in [-0.05, 0) is 30.7 Å². The molecule has 2 rings (SSSR count). The van der Waals surface area contributed by atoms with Crippen molar-refractivity contribution in [2.75, 3.05) is 34.5 Å². The van der Waals surface area contributed by atoms with E-state index in [1.165, 1.54) is 27.4 Å². The Bertz CT molecular complexity index is 751. The highest BCUT2D eigenvalue weighted by atomic mass is 19.1. The fraction of sp³-hybridized carbons (Fsp3) is 0.316. The molecule has 0 bridgehead atoms. The van der Waals surface area contributed by atoms with Crippen molar-refractivity contribution in [1.82, 2.24) is 5.32 Å². The van der Waals surface area contributed by atoms with Crippen molar-refractivity contribution >= 4 is 5.91 Å². The molecule has 6 nitrogen and oxygen atoms in total. The summed E-state index contributed by atoms with van der Waals surface area (Å²) >= 11 is 0. The first-order valence-corrected chi connectivity index (χ1v) is 8.06. The Labute approximate surface area is 151 Å². The van der Waals surface area contributed by atoms with Gasteiger partial charge in [-0.15, -0.1) is 0 Å². The van der Waals surface area contributed by atoms with Crippen molar-refractivity contribution < 1.29 is 28.1 Å². The summed E-state index contributed by atoms with van der Waals surface area (Å²) in [6.45, 7) is 0.648. The summed E-state index contributed by atoms with van der Waals surface area (Å²) in [4.78, 5) is 12.4. The molecular formula is C19H22FNO5. The Morgan fingerprint density at radius 2 is 1.69 bits per heavy atom. The van der Waals surface area contributed by atoms with Gasteiger partial charge in [0.05, 0.1) is 33.5 Å². The smallest absolute Gasteiger partial charge is 0.255 e. The molecule has 1 amide bonds. The summed E-state index contributed by atoms with van der Waals surface area (Å²) in [6, 6.07) is 9.42. The minimum Gasteiger partial charge on any atom is -0.493 e. The molecule has 0 radical (unpaired) electrons. The van der Waals surface area contributed by atoms with Crippen LogP contribution < -0.4 is 24.3 Å². The van der Waals surface area contributed by atoms with Gasteiger partial charge in [0, 0.05) is 6.54 Å². The predicted molar refractivity (Wildman–Crippen MR) is 94.9 cm³/mol. The van der Waals surface area contributed by atoms with Gasteiger partial charge in [-0.3, -0.25) is 4.79 Å². The first-order chi connectivity index (χ1) is 12.6. The van der Waals surface area contributed by atoms with Crippen molar-refractivity contribution in [2.24, 2.45) is 0 Å². The lowest BCUT2D eigenvalue weighted by Gasteiger charge is -2.15. The van der Waals surface area contributed by atoms with Gasteiger partial charge in [0.25, 0.3) is 5.91 Å². The van der Waals surface area contributed by atoms with Crippen LogP contribution in [-0.2, 0) is 0 Å². The minimum absolute atomic E-state index is 0.195. The third-order valence-corrected chi connectivity index (χ3v) is 3.65. The quantitative estimate of drug-likeness (QED) is 0.694. The van der Waals surface area contributed by atoms with Crippen LogP contribution >= 0.6 is 0 Å². The number of rotatable bonds is 9. The molecule has 0 saturated carbocycles. The monoisotopic (exact) mass is 363 g/mol. The topological polar surface area (TPSA) is 66.0 Å². The van der Waals surface area contributed by atoms with Crippen LogP contribution in [0.1, 0.15) is 16.8 Å². The van der Waals surface area contributed by atoms with Gasteiger partial charge in [-0.2, -0.15) is 0 Å². The molecule has 7 heteroatoms. The zero-order valence-corrected chi connectivity index (χ0v) is 15.0. The van der Waals surface area contributed by atoms with E-state index in [1.54, 1.807) is 30.3 Å². The van der Waals surface area contributed by atoms with Crippen molar-refractivity contribution in [2.45, 2.75) is 6.42 Å². The number of benzene rings is 2. The highest BCUT2D eigenvalue weighted by molar-refractivity contribution is 5.98. The molecular weight excluding hydrogens is 341 g/mol. The highest BCUT2D eigenvalue weighted by Crippen LogP contribution is 2.39. The normalized spacial score (nSPS) is 10.2. The second-order valence-corrected chi connectivity index (χ2v) is 5.27. The third-order valence-electron chi connectivity index (χ3n) is 3.65. The molecule has 26 heavy (non-hydrogen) atoms. The number of hydrogen-bond acceptors (Lipinski definition) is 5. The molecule has 2 aromatic carbocycles. The fourth-order valence-electron chi connectivity index (χ4n) is 2.39. The summed E-state index contributed by atoms with van der Waals surface area (Å²) in [5.41, 5.74) is 0.333. The molecule has 2 aromatic rings. The third kappa shape index (κ3) is 4.56. The Balaban J connectivity index is 1.91. The summed E-state index contributed by atoms with van der Waals surface area (Å²) in [7, 11) is 4.44. The van der Waals surface area contributed by atoms with Crippen molar-refractivity contribution in [3.63, 3.8) is 0 Å². The number of ether oxygens (including phenoxy) is 4. The molecule has 0 heterocycles. The van der Waals surface area contributed by atoms with E-state index in [4.69, 9.17) is 18.9 Å². The molecule has 1 N–H and O–H groups in total. The number of carbonyl (C=O) groups is 1. The lowest BCUT2D eigenvalue weighted by atomic mass is 10.1. The van der Waals surface area contributed by atoms with Gasteiger partial charge in [0.2, 0.25) is 5.75 Å². The Hall–Kier alpha value is -2.96. The molecule has 140 valence electrons. The average molecular weight is 363 g/mol. The second-order valence-electron chi connectivity index (χ2n) is 5.27. The molecule has 0 aromatic heterocycles. The summed E-state index contributed by atoms with van der Waals surface area (Å²) < 4.78 is 34.5. The summed E-state index contributed by atoms with van der Waals surface area (Å²) in [5.74, 6) is 0.595. The highest BCUT2D eigenvalue weighted by Gasteiger charge is 2.20. The van der Waals surface area contributed by atoms with Gasteiger partial charge in [0.1, 0.15) is 0 Å². The van der Waals surface area contributed by atoms with Gasteiger partial charge in [-0.25, -0.2) is 4.39 Å². The van der Waals surface area contributed by atoms with E-state index in [9.17, 15) is 9.18 Å². The lowest BCUT2D eigenvalue weighted by molar-refractivity contribution is 0.0947. The van der Waals surface area contributed by atoms with Crippen LogP contribution in [0.3, 0.4) is 0 Å². The maximum absolute atomic E-state index is 13.4. The van der Waals surface area contributed by atoms with Gasteiger partial charge in [0.15, 0.2) is 23.1 Å². The molecule has 0 saturated heterocycles. The van der Waals surface area contributed by atoms with Crippen LogP contribution in [0.2, 0.25) is 0 Å². The van der Waals surface area contributed by atoms with Crippen molar-refractivity contribution in [3.8, 4) is 23.0 Å². The maximum atomic E-state index is 13.4. The molecule has 0 aliphatic rings. The lowest BCUT2D eigenvalue weighted by Crippen LogP contribution is -2.26. The molecule has 0 atom stereocenters. The number of amides is 1. The van der Waals surface area contributed by atoms with Crippen LogP contribution in [0.4, 0.5) is 4.39 Å². The molecule has 0 aliphatic heterocycles. The second kappa shape index (κ2) is 9.50. The van der Waals surface area contributed by atoms with E-state index >= 15 is 0 Å². The van der Waals surface area contributed by atoms with Gasteiger partial charge < -0.3 is 24.3 Å². The van der Waals surface area contributed by atoms with E-state index in [1.807, 2.05) is 0 Å². The molecule has 0 unspecified atom stereocenters. The zero-order valence-electron chi connectivity index (χ0n) is 15.0. The molecule has 0 fully saturated rings. The largest absolute Gasteiger partial charge is 0.493 e. The molecule has 0 spiro atoms. The Morgan fingerprint density at radius 1 is 0.962 bits per heavy atom. The standard InChI is InChI=1S/C19H22FNO5/c1-23-16-10-9-13(17(24-2)18(16)25-3)19(22)21-11-6-12-26-15-8-5-4-7-14(15)20/h4-5,7-10H,6,11-12H2,1-3H3,(H,21,22). The van der Waals surface area contributed by atoms with Crippen molar-refractivity contribution in [1.29, 1.82) is 0 Å². The van der Waals surface area contributed by atoms with Crippen LogP contribution in [0, 0.1) is 5.82 Å². The van der Waals surface area contributed by atoms with Crippen molar-refractivity contribution in [3.05, 3.63) is 47.8 Å². The van der Waals surface area contributed by atoms with Crippen LogP contribution in [-0.4, -0.2) is 40.4 Å². The van der Waals surface area contributed by atoms with Crippen LogP contribution in [0.25, 0.3) is 0 Å².